The van der Waals surface area contributed by atoms with E-state index in [2.05, 4.69) is 10.6 Å². The fourth-order valence-corrected chi connectivity index (χ4v) is 10.2. The molecule has 1 aromatic heterocycles. The van der Waals surface area contributed by atoms with Crippen LogP contribution in [0.15, 0.2) is 122 Å². The Morgan fingerprint density at radius 3 is 2.13 bits per heavy atom. The van der Waals surface area contributed by atoms with E-state index in [9.17, 15) is 69.3 Å². The van der Waals surface area contributed by atoms with E-state index < -0.39 is 84.9 Å². The summed E-state index contributed by atoms with van der Waals surface area (Å²) >= 11 is 0. The third-order valence-electron chi connectivity index (χ3n) is 14.4. The molecule has 4 amide bonds. The van der Waals surface area contributed by atoms with E-state index in [0.29, 0.717) is 47.6 Å². The number of rotatable bonds is 12. The molecule has 0 radical (unpaired) electrons. The summed E-state index contributed by atoms with van der Waals surface area (Å²) in [5.41, 5.74) is -0.219. The summed E-state index contributed by atoms with van der Waals surface area (Å²) in [6.45, 7) is -0.789. The summed E-state index contributed by atoms with van der Waals surface area (Å²) < 4.78 is 28.3. The SMILES string of the molecule is O=C(NC1CCC(NC(=O)c2ccc(C(=O)O)c(-c3c4ccc(=O)cc-4oc4cc(O)ccc34)c2)CC1)OC(C(=O)N1CCN(C(=O)c2cc3ccc([O-])cc3oc2=O)CC1)c1ccc(O[C@@H]2O[C@H](CO)[C@H](O)[C@H](O)[C@H]2O)cc1. The smallest absolute Gasteiger partial charge is 0.408 e. The number of hydrogen-bond acceptors (Lipinski definition) is 18. The number of nitrogens with one attached hydrogen (secondary N) is 2. The molecule has 410 valence electrons. The van der Waals surface area contributed by atoms with Crippen LogP contribution in [-0.4, -0.2) is 146 Å². The quantitative estimate of drug-likeness (QED) is 0.0644. The number of carbonyl (C=O) groups is 5. The molecule has 0 bridgehead atoms. The van der Waals surface area contributed by atoms with Crippen molar-refractivity contribution >= 4 is 51.7 Å². The van der Waals surface area contributed by atoms with Gasteiger partial charge in [-0.1, -0.05) is 24.3 Å². The Morgan fingerprint density at radius 2 is 1.42 bits per heavy atom. The number of carboxylic acid groups (broad SMARTS) is 1. The summed E-state index contributed by atoms with van der Waals surface area (Å²) in [4.78, 5) is 96.2. The predicted octanol–water partition coefficient (Wildman–Crippen LogP) is 2.82. The minimum Gasteiger partial charge on any atom is -0.872 e. The highest BCUT2D eigenvalue weighted by Crippen LogP contribution is 2.42. The van der Waals surface area contributed by atoms with Gasteiger partial charge < -0.3 is 79.2 Å². The lowest BCUT2D eigenvalue weighted by Gasteiger charge is -2.39. The number of aliphatic hydroxyl groups is 4. The van der Waals surface area contributed by atoms with Gasteiger partial charge >= 0.3 is 17.7 Å². The van der Waals surface area contributed by atoms with Crippen molar-refractivity contribution in [1.82, 2.24) is 20.4 Å². The standard InChI is InChI=1S/C56H52N4O19/c61-26-44-46(65)47(66)48(67)55(78-44)75-35-12-2-27(3-13-35)49(52(70)60-19-17-59(18-20-60)51(69)40-21-28-1-9-32(62)23-41(28)77-54(40)73)79-56(74)58-31-7-5-30(6-8-31)57-50(68)29-4-14-36(53(71)72)39(22-29)45-37-15-10-33(63)24-42(37)76-43-25-34(64)11-16-38(43)45/h1-4,9-16,21-25,30-31,44,46-49,55,61-63,65-67H,5-8,17-20,26H2,(H,57,68)(H,58,74)(H,71,72)/p-1/t30?,31?,44-,46+,47+,48-,49?,55-/m1/s1. The van der Waals surface area contributed by atoms with Crippen molar-refractivity contribution in [3.8, 4) is 39.7 Å². The molecule has 23 heteroatoms. The lowest BCUT2D eigenvalue weighted by molar-refractivity contribution is -0.277. The van der Waals surface area contributed by atoms with Gasteiger partial charge in [-0.25, -0.2) is 14.4 Å². The van der Waals surface area contributed by atoms with E-state index in [0.717, 1.165) is 6.07 Å². The predicted molar refractivity (Wildman–Crippen MR) is 274 cm³/mol. The molecule has 3 aliphatic heterocycles. The number of phenolic OH excluding ortho intramolecular Hbond substituents is 1. The molecule has 79 heavy (non-hydrogen) atoms. The molecule has 1 saturated carbocycles. The zero-order valence-electron chi connectivity index (χ0n) is 41.7. The average molecular weight is 1080 g/mol. The van der Waals surface area contributed by atoms with Crippen molar-refractivity contribution in [3.63, 3.8) is 0 Å². The van der Waals surface area contributed by atoms with Gasteiger partial charge in [-0.2, -0.15) is 0 Å². The number of aromatic carboxylic acids is 1. The monoisotopic (exact) mass is 1080 g/mol. The minimum absolute atomic E-state index is 0.0186. The lowest BCUT2D eigenvalue weighted by Crippen LogP contribution is -2.60. The second-order valence-electron chi connectivity index (χ2n) is 19.5. The van der Waals surface area contributed by atoms with Crippen LogP contribution in [0.4, 0.5) is 4.79 Å². The Hall–Kier alpha value is -8.87. The van der Waals surface area contributed by atoms with Crippen LogP contribution in [0.2, 0.25) is 0 Å². The van der Waals surface area contributed by atoms with Gasteiger partial charge in [0.1, 0.15) is 58.4 Å². The van der Waals surface area contributed by atoms with Crippen LogP contribution in [0.5, 0.6) is 17.2 Å². The first-order valence-electron chi connectivity index (χ1n) is 25.2. The maximum Gasteiger partial charge on any atom is 0.408 e. The zero-order chi connectivity index (χ0) is 55.8. The molecule has 6 atom stereocenters. The molecular formula is C56H51N4O19-. The van der Waals surface area contributed by atoms with Crippen LogP contribution in [0.3, 0.4) is 0 Å². The molecule has 2 aliphatic carbocycles. The van der Waals surface area contributed by atoms with Gasteiger partial charge in [-0.05, 0) is 98.0 Å². The Labute approximate surface area is 446 Å². The van der Waals surface area contributed by atoms with Crippen molar-refractivity contribution in [3.05, 3.63) is 146 Å². The molecule has 8 N–H and O–H groups in total. The summed E-state index contributed by atoms with van der Waals surface area (Å²) in [6, 6.07) is 22.5. The number of ether oxygens (including phenoxy) is 3. The maximum absolute atomic E-state index is 14.4. The second-order valence-corrected chi connectivity index (χ2v) is 19.5. The normalized spacial score (nSPS) is 21.8. The van der Waals surface area contributed by atoms with Crippen LogP contribution in [0.25, 0.3) is 44.4 Å². The first-order valence-corrected chi connectivity index (χ1v) is 25.2. The molecule has 4 aromatic carbocycles. The Kier molecular flexibility index (Phi) is 15.1. The number of fused-ring (bicyclic) bond motifs is 3. The Balaban J connectivity index is 0.812. The number of phenols is 1. The first kappa shape index (κ1) is 53.5. The van der Waals surface area contributed by atoms with E-state index in [4.69, 9.17) is 23.0 Å². The highest BCUT2D eigenvalue weighted by Gasteiger charge is 2.45. The topological polar surface area (TPSA) is 348 Å². The summed E-state index contributed by atoms with van der Waals surface area (Å²) in [7, 11) is 0. The fourth-order valence-electron chi connectivity index (χ4n) is 10.2. The molecule has 1 unspecified atom stereocenters. The molecule has 0 spiro atoms. The van der Waals surface area contributed by atoms with Crippen LogP contribution in [-0.2, 0) is 14.3 Å². The molecule has 5 aromatic rings. The first-order chi connectivity index (χ1) is 37.9. The van der Waals surface area contributed by atoms with Gasteiger partial charge in [0, 0.05) is 83.4 Å². The second kappa shape index (κ2) is 22.2. The highest BCUT2D eigenvalue weighted by atomic mass is 16.7. The number of aliphatic hydroxyl groups excluding tert-OH is 4. The summed E-state index contributed by atoms with van der Waals surface area (Å²) in [5.74, 6) is -3.37. The summed E-state index contributed by atoms with van der Waals surface area (Å²) in [5, 5.41) is 79.5. The van der Waals surface area contributed by atoms with Crippen molar-refractivity contribution in [2.45, 2.75) is 74.6 Å². The number of hydrogen-bond donors (Lipinski definition) is 8. The number of carbonyl (C=O) groups excluding carboxylic acids is 4. The van der Waals surface area contributed by atoms with Gasteiger partial charge in [0.05, 0.1) is 12.2 Å². The van der Waals surface area contributed by atoms with E-state index >= 15 is 0 Å². The van der Waals surface area contributed by atoms with Crippen molar-refractivity contribution in [2.24, 2.45) is 0 Å². The van der Waals surface area contributed by atoms with Gasteiger partial charge in [0.2, 0.25) is 12.4 Å². The van der Waals surface area contributed by atoms with Crippen molar-refractivity contribution in [1.29, 1.82) is 0 Å². The van der Waals surface area contributed by atoms with Crippen LogP contribution in [0, 0.1) is 0 Å². The number of alkyl carbamates (subject to hydrolysis) is 1. The van der Waals surface area contributed by atoms with Gasteiger partial charge in [0.25, 0.3) is 17.7 Å². The molecule has 23 nitrogen and oxygen atoms in total. The van der Waals surface area contributed by atoms with Crippen LogP contribution in [0.1, 0.15) is 68.4 Å². The zero-order valence-corrected chi connectivity index (χ0v) is 41.7. The molecule has 10 rings (SSSR count). The third-order valence-corrected chi connectivity index (χ3v) is 14.4. The Bertz CT molecular complexity index is 3580. The van der Waals surface area contributed by atoms with Gasteiger partial charge in [0.15, 0.2) is 5.43 Å². The minimum atomic E-state index is -1.71. The number of amides is 4. The van der Waals surface area contributed by atoms with Crippen LogP contribution < -0.4 is 31.5 Å². The number of carboxylic acids is 1. The fraction of sp³-hybridized carbons (Fsp3) is 0.304. The van der Waals surface area contributed by atoms with E-state index in [1.165, 1.54) is 101 Å². The van der Waals surface area contributed by atoms with Gasteiger partial charge in [-0.15, -0.1) is 5.75 Å². The number of piperazine rings is 1. The van der Waals surface area contributed by atoms with E-state index in [1.54, 1.807) is 6.07 Å². The van der Waals surface area contributed by atoms with Crippen LogP contribution >= 0.6 is 0 Å². The Morgan fingerprint density at radius 1 is 0.709 bits per heavy atom. The number of aromatic hydroxyl groups is 1. The molecule has 4 heterocycles. The largest absolute Gasteiger partial charge is 0.872 e. The maximum atomic E-state index is 14.4. The van der Waals surface area contributed by atoms with Crippen molar-refractivity contribution in [2.75, 3.05) is 32.8 Å². The molecule has 3 fully saturated rings. The highest BCUT2D eigenvalue weighted by molar-refractivity contribution is 6.09. The van der Waals surface area contributed by atoms with Gasteiger partial charge in [-0.3, -0.25) is 19.2 Å². The average Bonchev–Trinajstić information content (AvgIpc) is 3.44. The molecule has 2 saturated heterocycles. The number of nitrogens with zero attached hydrogens (tertiary/aromatic N) is 2. The molecular weight excluding hydrogens is 1030 g/mol. The number of benzene rings is 5. The van der Waals surface area contributed by atoms with Crippen molar-refractivity contribution < 1.29 is 82.8 Å². The molecule has 5 aliphatic rings. The van der Waals surface area contributed by atoms with E-state index in [-0.39, 0.29) is 99.6 Å². The summed E-state index contributed by atoms with van der Waals surface area (Å²) in [6.07, 6.45) is -8.76. The third kappa shape index (κ3) is 11.2. The lowest BCUT2D eigenvalue weighted by atomic mass is 9.89. The van der Waals surface area contributed by atoms with E-state index in [1.807, 2.05) is 0 Å².